The van der Waals surface area contributed by atoms with Gasteiger partial charge in [-0.05, 0) is 82.2 Å². The molecular formula is C34H22N2O4. The van der Waals surface area contributed by atoms with Crippen molar-refractivity contribution in [3.05, 3.63) is 145 Å². The number of carbonyl (C=O) groups is 2. The van der Waals surface area contributed by atoms with Crippen LogP contribution in [0.5, 0.6) is 11.5 Å². The fourth-order valence-electron chi connectivity index (χ4n) is 4.41. The molecule has 6 aromatic rings. The van der Waals surface area contributed by atoms with Gasteiger partial charge in [0.25, 0.3) is 0 Å². The van der Waals surface area contributed by atoms with Gasteiger partial charge in [-0.1, -0.05) is 72.8 Å². The summed E-state index contributed by atoms with van der Waals surface area (Å²) in [6.07, 6.45) is 0. The van der Waals surface area contributed by atoms with E-state index >= 15 is 0 Å². The third-order valence-corrected chi connectivity index (χ3v) is 6.39. The predicted molar refractivity (Wildman–Crippen MR) is 155 cm³/mol. The van der Waals surface area contributed by atoms with Crippen LogP contribution in [0.1, 0.15) is 20.7 Å². The Bertz CT molecular complexity index is 1730. The molecule has 0 fully saturated rings. The van der Waals surface area contributed by atoms with Crippen molar-refractivity contribution >= 4 is 44.9 Å². The smallest absolute Gasteiger partial charge is 0.344 e. The standard InChI is InChI=1S/C34H22N2O4/c37-33(31-13-5-9-23-7-1-3-11-29(23)31)39-27-19-15-25(16-20-27)35-36-26-17-21-28(22-18-26)40-34(38)32-14-6-10-24-8-2-4-12-30(24)32/h1-22H. The second-order valence-corrected chi connectivity index (χ2v) is 9.02. The summed E-state index contributed by atoms with van der Waals surface area (Å²) in [4.78, 5) is 25.5. The van der Waals surface area contributed by atoms with E-state index in [9.17, 15) is 9.59 Å². The quantitative estimate of drug-likeness (QED) is 0.124. The molecular weight excluding hydrogens is 500 g/mol. The molecule has 40 heavy (non-hydrogen) atoms. The Labute approximate surface area is 230 Å². The lowest BCUT2D eigenvalue weighted by Gasteiger charge is -2.07. The Hall–Kier alpha value is -5.62. The van der Waals surface area contributed by atoms with Gasteiger partial charge in [0.2, 0.25) is 0 Å². The van der Waals surface area contributed by atoms with E-state index in [0.29, 0.717) is 34.0 Å². The van der Waals surface area contributed by atoms with Crippen LogP contribution in [0, 0.1) is 0 Å². The van der Waals surface area contributed by atoms with E-state index in [1.165, 1.54) is 0 Å². The van der Waals surface area contributed by atoms with E-state index < -0.39 is 11.9 Å². The number of ether oxygens (including phenoxy) is 2. The number of nitrogens with zero attached hydrogens (tertiary/aromatic N) is 2. The highest BCUT2D eigenvalue weighted by Crippen LogP contribution is 2.26. The van der Waals surface area contributed by atoms with Crippen molar-refractivity contribution in [1.82, 2.24) is 0 Å². The topological polar surface area (TPSA) is 77.3 Å². The van der Waals surface area contributed by atoms with Crippen LogP contribution < -0.4 is 9.47 Å². The number of hydrogen-bond acceptors (Lipinski definition) is 6. The van der Waals surface area contributed by atoms with Gasteiger partial charge in [-0.2, -0.15) is 10.2 Å². The van der Waals surface area contributed by atoms with Gasteiger partial charge in [0.15, 0.2) is 0 Å². The minimum atomic E-state index is -0.424. The maximum atomic E-state index is 12.8. The SMILES string of the molecule is O=C(Oc1ccc(N=Nc2ccc(OC(=O)c3cccc4ccccc34)cc2)cc1)c1cccc2ccccc12. The summed E-state index contributed by atoms with van der Waals surface area (Å²) in [5.41, 5.74) is 2.20. The summed E-state index contributed by atoms with van der Waals surface area (Å²) in [6, 6.07) is 40.0. The van der Waals surface area contributed by atoms with E-state index in [1.54, 1.807) is 60.7 Å². The van der Waals surface area contributed by atoms with E-state index in [1.807, 2.05) is 72.8 Å². The molecule has 192 valence electrons. The average Bonchev–Trinajstić information content (AvgIpc) is 3.00. The third kappa shape index (κ3) is 5.33. The first-order valence-electron chi connectivity index (χ1n) is 12.7. The van der Waals surface area contributed by atoms with Crippen molar-refractivity contribution < 1.29 is 19.1 Å². The average molecular weight is 523 g/mol. The van der Waals surface area contributed by atoms with Gasteiger partial charge in [0.1, 0.15) is 11.5 Å². The van der Waals surface area contributed by atoms with Crippen molar-refractivity contribution in [1.29, 1.82) is 0 Å². The van der Waals surface area contributed by atoms with Gasteiger partial charge in [-0.25, -0.2) is 9.59 Å². The zero-order chi connectivity index (χ0) is 27.3. The largest absolute Gasteiger partial charge is 0.423 e. The van der Waals surface area contributed by atoms with Gasteiger partial charge >= 0.3 is 11.9 Å². The summed E-state index contributed by atoms with van der Waals surface area (Å²) in [6.45, 7) is 0. The molecule has 6 nitrogen and oxygen atoms in total. The van der Waals surface area contributed by atoms with E-state index in [2.05, 4.69) is 10.2 Å². The Morgan fingerprint density at radius 1 is 0.425 bits per heavy atom. The van der Waals surface area contributed by atoms with Gasteiger partial charge in [0, 0.05) is 0 Å². The van der Waals surface area contributed by atoms with Crippen LogP contribution in [-0.2, 0) is 0 Å². The van der Waals surface area contributed by atoms with E-state index in [0.717, 1.165) is 21.5 Å². The van der Waals surface area contributed by atoms with Crippen molar-refractivity contribution in [2.24, 2.45) is 10.2 Å². The van der Waals surface area contributed by atoms with E-state index in [4.69, 9.17) is 9.47 Å². The summed E-state index contributed by atoms with van der Waals surface area (Å²) in [5.74, 6) is -0.0247. The van der Waals surface area contributed by atoms with Crippen LogP contribution in [0.25, 0.3) is 21.5 Å². The van der Waals surface area contributed by atoms with Crippen molar-refractivity contribution in [3.63, 3.8) is 0 Å². The minimum Gasteiger partial charge on any atom is -0.423 e. The first-order chi connectivity index (χ1) is 19.6. The van der Waals surface area contributed by atoms with Crippen LogP contribution in [0.2, 0.25) is 0 Å². The molecule has 0 N–H and O–H groups in total. The van der Waals surface area contributed by atoms with Crippen molar-refractivity contribution in [2.75, 3.05) is 0 Å². The summed E-state index contributed by atoms with van der Waals surface area (Å²) < 4.78 is 11.1. The van der Waals surface area contributed by atoms with Crippen LogP contribution >= 0.6 is 0 Å². The highest BCUT2D eigenvalue weighted by molar-refractivity contribution is 6.06. The molecule has 0 aliphatic carbocycles. The second-order valence-electron chi connectivity index (χ2n) is 9.02. The Morgan fingerprint density at radius 2 is 0.800 bits per heavy atom. The van der Waals surface area contributed by atoms with Crippen LogP contribution in [0.3, 0.4) is 0 Å². The maximum Gasteiger partial charge on any atom is 0.344 e. The number of esters is 2. The molecule has 0 bridgehead atoms. The van der Waals surface area contributed by atoms with Crippen molar-refractivity contribution in [2.45, 2.75) is 0 Å². The van der Waals surface area contributed by atoms with Crippen LogP contribution in [0.15, 0.2) is 144 Å². The molecule has 0 spiro atoms. The predicted octanol–water partition coefficient (Wildman–Crippen LogP) is 8.85. The Kier molecular flexibility index (Phi) is 6.80. The van der Waals surface area contributed by atoms with Crippen LogP contribution in [0.4, 0.5) is 11.4 Å². The fraction of sp³-hybridized carbons (Fsp3) is 0. The molecule has 0 aromatic heterocycles. The first-order valence-corrected chi connectivity index (χ1v) is 12.7. The number of carbonyl (C=O) groups excluding carboxylic acids is 2. The molecule has 0 heterocycles. The highest BCUT2D eigenvalue weighted by Gasteiger charge is 2.13. The van der Waals surface area contributed by atoms with Gasteiger partial charge < -0.3 is 9.47 Å². The second kappa shape index (κ2) is 11.0. The molecule has 0 saturated carbocycles. The number of hydrogen-bond donors (Lipinski definition) is 0. The lowest BCUT2D eigenvalue weighted by Crippen LogP contribution is -2.08. The molecule has 0 amide bonds. The van der Waals surface area contributed by atoms with Crippen LogP contribution in [-0.4, -0.2) is 11.9 Å². The molecule has 0 radical (unpaired) electrons. The lowest BCUT2D eigenvalue weighted by molar-refractivity contribution is 0.0727. The zero-order valence-corrected chi connectivity index (χ0v) is 21.2. The number of benzene rings is 6. The Morgan fingerprint density at radius 3 is 1.23 bits per heavy atom. The number of rotatable bonds is 6. The summed E-state index contributed by atoms with van der Waals surface area (Å²) >= 11 is 0. The molecule has 0 atom stereocenters. The normalized spacial score (nSPS) is 11.1. The molecule has 0 saturated heterocycles. The van der Waals surface area contributed by atoms with Gasteiger partial charge in [0.05, 0.1) is 22.5 Å². The zero-order valence-electron chi connectivity index (χ0n) is 21.2. The first kappa shape index (κ1) is 24.7. The molecule has 6 heteroatoms. The third-order valence-electron chi connectivity index (χ3n) is 6.39. The van der Waals surface area contributed by atoms with Gasteiger partial charge in [-0.15, -0.1) is 0 Å². The van der Waals surface area contributed by atoms with Crippen molar-refractivity contribution in [3.8, 4) is 11.5 Å². The summed E-state index contributed by atoms with van der Waals surface area (Å²) in [7, 11) is 0. The monoisotopic (exact) mass is 522 g/mol. The van der Waals surface area contributed by atoms with E-state index in [-0.39, 0.29) is 0 Å². The number of azo groups is 1. The van der Waals surface area contributed by atoms with Gasteiger partial charge in [-0.3, -0.25) is 0 Å². The highest BCUT2D eigenvalue weighted by atomic mass is 16.5. The molecule has 6 aromatic carbocycles. The fourth-order valence-corrected chi connectivity index (χ4v) is 4.41. The molecule has 0 aliphatic heterocycles. The number of fused-ring (bicyclic) bond motifs is 2. The molecule has 0 aliphatic rings. The molecule has 6 rings (SSSR count). The molecule has 0 unspecified atom stereocenters. The lowest BCUT2D eigenvalue weighted by atomic mass is 10.0. The summed E-state index contributed by atoms with van der Waals surface area (Å²) in [5, 5.41) is 12.1. The minimum absolute atomic E-state index is 0.411. The maximum absolute atomic E-state index is 12.8. The Balaban J connectivity index is 1.09.